The van der Waals surface area contributed by atoms with Crippen molar-refractivity contribution in [3.63, 3.8) is 0 Å². The van der Waals surface area contributed by atoms with E-state index >= 15 is 0 Å². The quantitative estimate of drug-likeness (QED) is 0.418. The average molecular weight is 603 g/mol. The summed E-state index contributed by atoms with van der Waals surface area (Å²) in [6.07, 6.45) is 0.638. The van der Waals surface area contributed by atoms with Gasteiger partial charge in [-0.1, -0.05) is 61.9 Å². The summed E-state index contributed by atoms with van der Waals surface area (Å²) in [5.74, 6) is -0.988. The molecule has 0 saturated heterocycles. The third kappa shape index (κ3) is 5.48. The van der Waals surface area contributed by atoms with Gasteiger partial charge in [0.15, 0.2) is 5.78 Å². The Hall–Kier alpha value is -4.24. The second kappa shape index (κ2) is 10.5. The van der Waals surface area contributed by atoms with Gasteiger partial charge < -0.3 is 0 Å². The Kier molecular flexibility index (Phi) is 7.35. The van der Waals surface area contributed by atoms with Gasteiger partial charge in [-0.2, -0.15) is 5.26 Å². The zero-order chi connectivity index (χ0) is 30.4. The smallest absolute Gasteiger partial charge is 0.263 e. The van der Waals surface area contributed by atoms with Crippen LogP contribution in [0.15, 0.2) is 111 Å². The predicted octanol–water partition coefficient (Wildman–Crippen LogP) is 4.60. The highest BCUT2D eigenvalue weighted by molar-refractivity contribution is 7.89. The molecule has 1 aliphatic heterocycles. The van der Waals surface area contributed by atoms with Crippen molar-refractivity contribution >= 4 is 31.5 Å². The number of nitrogens with one attached hydrogen (secondary N) is 1. The van der Waals surface area contributed by atoms with E-state index < -0.39 is 31.4 Å². The van der Waals surface area contributed by atoms with Gasteiger partial charge in [-0.05, 0) is 60.7 Å². The number of nitrogens with zero attached hydrogens (tertiary/aromatic N) is 2. The summed E-state index contributed by atoms with van der Waals surface area (Å²) in [6, 6.07) is 23.0. The van der Waals surface area contributed by atoms with E-state index in [9.17, 15) is 26.9 Å². The fourth-order valence-electron chi connectivity index (χ4n) is 5.53. The number of benzene rings is 3. The van der Waals surface area contributed by atoms with E-state index in [0.717, 1.165) is 5.56 Å². The van der Waals surface area contributed by atoms with E-state index in [-0.39, 0.29) is 33.4 Å². The van der Waals surface area contributed by atoms with E-state index in [1.807, 2.05) is 45.0 Å². The summed E-state index contributed by atoms with van der Waals surface area (Å²) in [5.41, 5.74) is 2.55. The Morgan fingerprint density at radius 2 is 1.52 bits per heavy atom. The zero-order valence-electron chi connectivity index (χ0n) is 23.3. The van der Waals surface area contributed by atoms with E-state index in [0.29, 0.717) is 28.9 Å². The summed E-state index contributed by atoms with van der Waals surface area (Å²) < 4.78 is 54.0. The second-order valence-electron chi connectivity index (χ2n) is 11.3. The molecule has 42 heavy (non-hydrogen) atoms. The Labute approximate surface area is 246 Å². The summed E-state index contributed by atoms with van der Waals surface area (Å²) >= 11 is 0. The second-order valence-corrected chi connectivity index (χ2v) is 14.6. The van der Waals surface area contributed by atoms with Crippen LogP contribution in [0.5, 0.6) is 0 Å². The Bertz CT molecular complexity index is 1890. The maximum absolute atomic E-state index is 13.9. The molecule has 0 amide bonds. The van der Waals surface area contributed by atoms with Gasteiger partial charge in [0, 0.05) is 23.4 Å². The van der Waals surface area contributed by atoms with Gasteiger partial charge in [0.25, 0.3) is 10.0 Å². The molecule has 0 bridgehead atoms. The van der Waals surface area contributed by atoms with Crippen molar-refractivity contribution in [3.8, 4) is 6.07 Å². The molecule has 1 heterocycles. The molecule has 0 radical (unpaired) electrons. The van der Waals surface area contributed by atoms with E-state index in [2.05, 4.69) is 10.8 Å². The number of sulfonamides is 2. The van der Waals surface area contributed by atoms with Crippen LogP contribution in [0, 0.1) is 23.7 Å². The molecule has 1 unspecified atom stereocenters. The molecule has 11 heteroatoms. The van der Waals surface area contributed by atoms with Crippen molar-refractivity contribution in [1.82, 2.24) is 4.72 Å². The van der Waals surface area contributed by atoms with Gasteiger partial charge in [0.1, 0.15) is 5.82 Å². The number of nitriles is 1. The molecule has 0 fully saturated rings. The standard InChI is InChI=1S/C31H30N4O5S2/c1-20-9-11-21(12-10-20)28-25(19-32)30(34-42(39,40)24-7-5-4-6-8-24)35(22-13-15-23(16-14-22)41(33,37)38)26-17-31(2,3)18-27(36)29(26)28/h4-16,28,34H,17-18H2,1-3H3,(H2,33,37,38). The molecule has 1 aliphatic carbocycles. The minimum absolute atomic E-state index is 0.00831. The van der Waals surface area contributed by atoms with Crippen molar-refractivity contribution in [2.75, 3.05) is 4.90 Å². The van der Waals surface area contributed by atoms with Gasteiger partial charge >= 0.3 is 0 Å². The first-order valence-corrected chi connectivity index (χ1v) is 16.2. The van der Waals surface area contributed by atoms with Crippen molar-refractivity contribution in [3.05, 3.63) is 113 Å². The van der Waals surface area contributed by atoms with Crippen LogP contribution in [0.2, 0.25) is 0 Å². The number of aryl methyl sites for hydroxylation is 1. The number of nitrogens with two attached hydrogens (primary N) is 1. The van der Waals surface area contributed by atoms with Crippen LogP contribution in [0.4, 0.5) is 5.69 Å². The first-order chi connectivity index (χ1) is 19.7. The molecular formula is C31H30N4O5S2. The van der Waals surface area contributed by atoms with Crippen LogP contribution in [0.1, 0.15) is 43.7 Å². The molecule has 0 spiro atoms. The summed E-state index contributed by atoms with van der Waals surface area (Å²) in [4.78, 5) is 15.3. The number of primary sulfonamides is 1. The molecule has 3 aromatic carbocycles. The van der Waals surface area contributed by atoms with Gasteiger partial charge in [-0.3, -0.25) is 14.4 Å². The summed E-state index contributed by atoms with van der Waals surface area (Å²) in [5, 5.41) is 15.9. The monoisotopic (exact) mass is 602 g/mol. The van der Waals surface area contributed by atoms with E-state index in [1.165, 1.54) is 36.4 Å². The third-order valence-electron chi connectivity index (χ3n) is 7.46. The van der Waals surface area contributed by atoms with Gasteiger partial charge in [-0.15, -0.1) is 0 Å². The lowest BCUT2D eigenvalue weighted by atomic mass is 9.68. The Balaban J connectivity index is 1.82. The van der Waals surface area contributed by atoms with Crippen LogP contribution < -0.4 is 14.8 Å². The number of ketones is 1. The van der Waals surface area contributed by atoms with Crippen molar-refractivity contribution in [2.45, 2.75) is 49.3 Å². The minimum Gasteiger partial charge on any atom is -0.299 e. The number of hydrogen-bond acceptors (Lipinski definition) is 7. The SMILES string of the molecule is Cc1ccc(C2C(C#N)=C(NS(=O)(=O)c3ccccc3)N(c3ccc(S(N)(=O)=O)cc3)C3=C2C(=O)CC(C)(C)C3)cc1. The summed E-state index contributed by atoms with van der Waals surface area (Å²) in [6.45, 7) is 5.83. The Morgan fingerprint density at radius 1 is 0.905 bits per heavy atom. The fourth-order valence-corrected chi connectivity index (χ4v) is 7.14. The van der Waals surface area contributed by atoms with Gasteiger partial charge in [0.05, 0.1) is 27.4 Å². The van der Waals surface area contributed by atoms with Crippen LogP contribution in [0.25, 0.3) is 0 Å². The van der Waals surface area contributed by atoms with Crippen molar-refractivity contribution < 1.29 is 21.6 Å². The lowest BCUT2D eigenvalue weighted by molar-refractivity contribution is -0.118. The highest BCUT2D eigenvalue weighted by Gasteiger charge is 2.46. The number of carbonyl (C=O) groups is 1. The molecule has 216 valence electrons. The number of anilines is 1. The first-order valence-electron chi connectivity index (χ1n) is 13.2. The lowest BCUT2D eigenvalue weighted by Gasteiger charge is -2.44. The average Bonchev–Trinajstić information content (AvgIpc) is 2.92. The highest BCUT2D eigenvalue weighted by atomic mass is 32.2. The first kappa shape index (κ1) is 29.3. The maximum Gasteiger partial charge on any atom is 0.263 e. The number of hydrogen-bond donors (Lipinski definition) is 2. The molecule has 0 saturated carbocycles. The Morgan fingerprint density at radius 3 is 2.10 bits per heavy atom. The van der Waals surface area contributed by atoms with Gasteiger partial charge in [-0.25, -0.2) is 22.0 Å². The lowest BCUT2D eigenvalue weighted by Crippen LogP contribution is -2.44. The van der Waals surface area contributed by atoms with E-state index in [1.54, 1.807) is 23.1 Å². The molecule has 9 nitrogen and oxygen atoms in total. The van der Waals surface area contributed by atoms with Crippen LogP contribution >= 0.6 is 0 Å². The van der Waals surface area contributed by atoms with Crippen molar-refractivity contribution in [2.24, 2.45) is 10.6 Å². The van der Waals surface area contributed by atoms with Crippen molar-refractivity contribution in [1.29, 1.82) is 5.26 Å². The molecule has 5 rings (SSSR count). The van der Waals surface area contributed by atoms with Crippen LogP contribution in [-0.2, 0) is 24.8 Å². The minimum atomic E-state index is -4.19. The molecule has 1 atom stereocenters. The van der Waals surface area contributed by atoms with E-state index in [4.69, 9.17) is 5.14 Å². The molecule has 0 aromatic heterocycles. The highest BCUT2D eigenvalue weighted by Crippen LogP contribution is 2.50. The summed E-state index contributed by atoms with van der Waals surface area (Å²) in [7, 11) is -8.20. The third-order valence-corrected chi connectivity index (χ3v) is 9.75. The number of Topliss-reactive ketones (excluding diaryl/α,β-unsaturated/α-hetero) is 1. The van der Waals surface area contributed by atoms with Crippen LogP contribution in [-0.4, -0.2) is 22.6 Å². The van der Waals surface area contributed by atoms with Crippen LogP contribution in [0.3, 0.4) is 0 Å². The molecule has 3 N–H and O–H groups in total. The number of rotatable bonds is 6. The molecule has 3 aromatic rings. The topological polar surface area (TPSA) is 150 Å². The number of allylic oxidation sites excluding steroid dienone is 3. The fraction of sp³-hybridized carbons (Fsp3) is 0.226. The predicted molar refractivity (Wildman–Crippen MR) is 159 cm³/mol. The van der Waals surface area contributed by atoms with Gasteiger partial charge in [0.2, 0.25) is 10.0 Å². The maximum atomic E-state index is 13.9. The molecular weight excluding hydrogens is 572 g/mol. The largest absolute Gasteiger partial charge is 0.299 e. The molecule has 2 aliphatic rings. The zero-order valence-corrected chi connectivity index (χ0v) is 25.0. The normalized spacial score (nSPS) is 18.9. The number of carbonyl (C=O) groups excluding carboxylic acids is 1.